The van der Waals surface area contributed by atoms with Gasteiger partial charge >= 0.3 is 0 Å². The summed E-state index contributed by atoms with van der Waals surface area (Å²) < 4.78 is 5.23. The number of para-hydroxylation sites is 1. The van der Waals surface area contributed by atoms with E-state index in [4.69, 9.17) is 9.72 Å². The summed E-state index contributed by atoms with van der Waals surface area (Å²) >= 11 is 1.73. The number of anilines is 1. The summed E-state index contributed by atoms with van der Waals surface area (Å²) in [7, 11) is 1.69. The zero-order valence-corrected chi connectivity index (χ0v) is 15.8. The van der Waals surface area contributed by atoms with Crippen LogP contribution in [0.1, 0.15) is 5.69 Å². The Morgan fingerprint density at radius 3 is 2.46 bits per heavy atom. The van der Waals surface area contributed by atoms with E-state index in [-0.39, 0.29) is 0 Å². The number of nitrogens with zero attached hydrogens (tertiary/aromatic N) is 2. The number of benzene rings is 2. The van der Waals surface area contributed by atoms with Crippen LogP contribution in [0.3, 0.4) is 0 Å². The molecular formula is C21H24N3OS+. The van der Waals surface area contributed by atoms with Crippen LogP contribution < -0.4 is 14.5 Å². The van der Waals surface area contributed by atoms with Gasteiger partial charge in [0.1, 0.15) is 23.0 Å². The van der Waals surface area contributed by atoms with Crippen LogP contribution >= 0.6 is 11.3 Å². The number of rotatable bonds is 5. The molecule has 0 bridgehead atoms. The van der Waals surface area contributed by atoms with E-state index in [1.807, 2.05) is 12.1 Å². The zero-order valence-electron chi connectivity index (χ0n) is 15.0. The van der Waals surface area contributed by atoms with Gasteiger partial charge in [-0.1, -0.05) is 18.2 Å². The highest BCUT2D eigenvalue weighted by Gasteiger charge is 2.21. The Morgan fingerprint density at radius 1 is 1.04 bits per heavy atom. The second-order valence-electron chi connectivity index (χ2n) is 6.62. The monoisotopic (exact) mass is 366 g/mol. The molecule has 0 atom stereocenters. The lowest BCUT2D eigenvalue weighted by Crippen LogP contribution is -3.13. The van der Waals surface area contributed by atoms with Crippen LogP contribution in [0.4, 0.5) is 5.69 Å². The third-order valence-electron chi connectivity index (χ3n) is 4.91. The maximum absolute atomic E-state index is 5.23. The standard InChI is InChI=1S/C21H23N3OS/c1-25-20-9-7-17(8-10-20)21-22-18(16-26-21)15-23-11-13-24(14-12-23)19-5-3-2-4-6-19/h2-10,16H,11-15H2,1H3/p+1. The van der Waals surface area contributed by atoms with E-state index in [0.717, 1.165) is 49.0 Å². The number of piperazine rings is 1. The molecule has 0 spiro atoms. The van der Waals surface area contributed by atoms with Gasteiger partial charge in [-0.15, -0.1) is 11.3 Å². The number of quaternary nitrogens is 1. The summed E-state index contributed by atoms with van der Waals surface area (Å²) in [5.74, 6) is 0.881. The van der Waals surface area contributed by atoms with Crippen molar-refractivity contribution in [2.45, 2.75) is 6.54 Å². The van der Waals surface area contributed by atoms with Gasteiger partial charge in [0, 0.05) is 16.6 Å². The fourth-order valence-electron chi connectivity index (χ4n) is 3.41. The molecule has 5 heteroatoms. The predicted molar refractivity (Wildman–Crippen MR) is 107 cm³/mol. The van der Waals surface area contributed by atoms with Gasteiger partial charge in [-0.3, -0.25) is 0 Å². The van der Waals surface area contributed by atoms with E-state index in [9.17, 15) is 0 Å². The Labute approximate surface area is 158 Å². The number of thiazole rings is 1. The summed E-state index contributed by atoms with van der Waals surface area (Å²) in [6.07, 6.45) is 0. The molecule has 1 N–H and O–H groups in total. The lowest BCUT2D eigenvalue weighted by Gasteiger charge is -2.33. The molecule has 2 aromatic carbocycles. The molecule has 0 radical (unpaired) electrons. The first kappa shape index (κ1) is 17.1. The van der Waals surface area contributed by atoms with E-state index in [2.05, 4.69) is 52.7 Å². The van der Waals surface area contributed by atoms with Gasteiger partial charge in [-0.25, -0.2) is 4.98 Å². The fraction of sp³-hybridized carbons (Fsp3) is 0.286. The molecule has 2 heterocycles. The Hall–Kier alpha value is -2.37. The van der Waals surface area contributed by atoms with Crippen LogP contribution in [0.25, 0.3) is 10.6 Å². The molecule has 1 fully saturated rings. The Kier molecular flexibility index (Phi) is 5.18. The Morgan fingerprint density at radius 2 is 1.77 bits per heavy atom. The molecule has 134 valence electrons. The Balaban J connectivity index is 1.35. The van der Waals surface area contributed by atoms with Crippen LogP contribution in [0.5, 0.6) is 5.75 Å². The number of hydrogen-bond acceptors (Lipinski definition) is 4. The minimum atomic E-state index is 0.881. The number of aromatic nitrogens is 1. The highest BCUT2D eigenvalue weighted by Crippen LogP contribution is 2.25. The fourth-order valence-corrected chi connectivity index (χ4v) is 4.23. The van der Waals surface area contributed by atoms with Crippen molar-refractivity contribution in [2.75, 3.05) is 38.2 Å². The number of hydrogen-bond donors (Lipinski definition) is 1. The molecule has 0 amide bonds. The van der Waals surface area contributed by atoms with Crippen molar-refractivity contribution >= 4 is 17.0 Å². The molecule has 26 heavy (non-hydrogen) atoms. The van der Waals surface area contributed by atoms with E-state index in [1.54, 1.807) is 23.3 Å². The molecule has 3 aromatic rings. The first-order chi connectivity index (χ1) is 12.8. The number of methoxy groups -OCH3 is 1. The molecule has 1 aliphatic rings. The van der Waals surface area contributed by atoms with Crippen LogP contribution in [0, 0.1) is 0 Å². The Bertz CT molecular complexity index is 824. The van der Waals surface area contributed by atoms with Crippen molar-refractivity contribution in [3.8, 4) is 16.3 Å². The molecule has 1 aromatic heterocycles. The van der Waals surface area contributed by atoms with Crippen LogP contribution in [-0.4, -0.2) is 38.3 Å². The third-order valence-corrected chi connectivity index (χ3v) is 5.85. The first-order valence-electron chi connectivity index (χ1n) is 9.04. The minimum Gasteiger partial charge on any atom is -0.497 e. The highest BCUT2D eigenvalue weighted by atomic mass is 32.1. The average Bonchev–Trinajstić information content (AvgIpc) is 3.18. The smallest absolute Gasteiger partial charge is 0.123 e. The van der Waals surface area contributed by atoms with Gasteiger partial charge < -0.3 is 14.5 Å². The van der Waals surface area contributed by atoms with Gasteiger partial charge in [-0.2, -0.15) is 0 Å². The average molecular weight is 367 g/mol. The summed E-state index contributed by atoms with van der Waals surface area (Å²) in [5, 5.41) is 3.29. The summed E-state index contributed by atoms with van der Waals surface area (Å²) in [5.41, 5.74) is 3.69. The highest BCUT2D eigenvalue weighted by molar-refractivity contribution is 7.13. The summed E-state index contributed by atoms with van der Waals surface area (Å²) in [6, 6.07) is 18.8. The van der Waals surface area contributed by atoms with Crippen LogP contribution in [0.15, 0.2) is 60.0 Å². The second-order valence-corrected chi connectivity index (χ2v) is 7.48. The molecule has 4 nitrogen and oxygen atoms in total. The molecule has 1 aliphatic heterocycles. The molecule has 0 aliphatic carbocycles. The van der Waals surface area contributed by atoms with E-state index in [0.29, 0.717) is 0 Å². The van der Waals surface area contributed by atoms with Gasteiger partial charge in [0.05, 0.1) is 33.3 Å². The maximum Gasteiger partial charge on any atom is 0.123 e. The number of ether oxygens (including phenoxy) is 1. The van der Waals surface area contributed by atoms with Crippen molar-refractivity contribution < 1.29 is 9.64 Å². The quantitative estimate of drug-likeness (QED) is 0.753. The van der Waals surface area contributed by atoms with Crippen molar-refractivity contribution in [2.24, 2.45) is 0 Å². The lowest BCUT2D eigenvalue weighted by molar-refractivity contribution is -0.914. The van der Waals surface area contributed by atoms with Crippen molar-refractivity contribution in [3.63, 3.8) is 0 Å². The van der Waals surface area contributed by atoms with Gasteiger partial charge in [0.2, 0.25) is 0 Å². The minimum absolute atomic E-state index is 0.881. The predicted octanol–water partition coefficient (Wildman–Crippen LogP) is 2.72. The third kappa shape index (κ3) is 3.89. The van der Waals surface area contributed by atoms with Crippen molar-refractivity contribution in [1.82, 2.24) is 4.98 Å². The number of nitrogens with one attached hydrogen (secondary N) is 1. The molecule has 0 unspecified atom stereocenters. The van der Waals surface area contributed by atoms with Crippen LogP contribution in [-0.2, 0) is 6.54 Å². The van der Waals surface area contributed by atoms with Crippen molar-refractivity contribution in [1.29, 1.82) is 0 Å². The van der Waals surface area contributed by atoms with Crippen molar-refractivity contribution in [3.05, 3.63) is 65.7 Å². The largest absolute Gasteiger partial charge is 0.497 e. The van der Waals surface area contributed by atoms with Gasteiger partial charge in [0.25, 0.3) is 0 Å². The molecule has 1 saturated heterocycles. The van der Waals surface area contributed by atoms with E-state index < -0.39 is 0 Å². The summed E-state index contributed by atoms with van der Waals surface area (Å²) in [6.45, 7) is 5.54. The van der Waals surface area contributed by atoms with E-state index >= 15 is 0 Å². The second kappa shape index (κ2) is 7.89. The molecular weight excluding hydrogens is 342 g/mol. The van der Waals surface area contributed by atoms with Crippen LogP contribution in [0.2, 0.25) is 0 Å². The normalized spacial score (nSPS) is 15.2. The topological polar surface area (TPSA) is 29.8 Å². The lowest BCUT2D eigenvalue weighted by atomic mass is 10.2. The first-order valence-corrected chi connectivity index (χ1v) is 9.92. The molecule has 4 rings (SSSR count). The SMILES string of the molecule is COc1ccc(-c2nc(C[NH+]3CCN(c4ccccc4)CC3)cs2)cc1. The maximum atomic E-state index is 5.23. The molecule has 0 saturated carbocycles. The summed E-state index contributed by atoms with van der Waals surface area (Å²) in [4.78, 5) is 8.94. The zero-order chi connectivity index (χ0) is 17.8. The van der Waals surface area contributed by atoms with Gasteiger partial charge in [0.15, 0.2) is 0 Å². The van der Waals surface area contributed by atoms with E-state index in [1.165, 1.54) is 11.4 Å². The van der Waals surface area contributed by atoms with Gasteiger partial charge in [-0.05, 0) is 36.4 Å².